The van der Waals surface area contributed by atoms with Crippen LogP contribution < -0.4 is 9.47 Å². The highest BCUT2D eigenvalue weighted by Crippen LogP contribution is 2.39. The molecule has 0 amide bonds. The first-order chi connectivity index (χ1) is 11.2. The highest BCUT2D eigenvalue weighted by atomic mass is 79.9. The van der Waals surface area contributed by atoms with Crippen LogP contribution in [0, 0.1) is 0 Å². The average molecular weight is 373 g/mol. The van der Waals surface area contributed by atoms with Gasteiger partial charge in [0.1, 0.15) is 0 Å². The molecule has 0 heterocycles. The molecular formula is C19H17BrO3. The summed E-state index contributed by atoms with van der Waals surface area (Å²) in [6.45, 7) is 0. The van der Waals surface area contributed by atoms with Gasteiger partial charge < -0.3 is 9.47 Å². The van der Waals surface area contributed by atoms with E-state index in [0.29, 0.717) is 11.5 Å². The molecule has 1 aliphatic carbocycles. The number of hydrogen-bond acceptors (Lipinski definition) is 3. The second-order valence-electron chi connectivity index (χ2n) is 5.36. The summed E-state index contributed by atoms with van der Waals surface area (Å²) in [7, 11) is 3.20. The van der Waals surface area contributed by atoms with Gasteiger partial charge in [-0.15, -0.1) is 0 Å². The van der Waals surface area contributed by atoms with Crippen LogP contribution in [0.5, 0.6) is 11.5 Å². The van der Waals surface area contributed by atoms with E-state index in [-0.39, 0.29) is 5.78 Å². The molecule has 0 fully saturated rings. The Morgan fingerprint density at radius 3 is 2.57 bits per heavy atom. The predicted octanol–water partition coefficient (Wildman–Crippen LogP) is 4.68. The molecule has 0 N–H and O–H groups in total. The SMILES string of the molecule is COc1ccc(C=C2CCc3ccccc3C2=O)c(Br)c1OC. The van der Waals surface area contributed by atoms with Gasteiger partial charge in [0.05, 0.1) is 18.7 Å². The van der Waals surface area contributed by atoms with Gasteiger partial charge in [-0.3, -0.25) is 4.79 Å². The molecule has 0 saturated carbocycles. The van der Waals surface area contributed by atoms with Crippen LogP contribution in [0.2, 0.25) is 0 Å². The number of methoxy groups -OCH3 is 2. The van der Waals surface area contributed by atoms with Crippen molar-refractivity contribution in [1.82, 2.24) is 0 Å². The van der Waals surface area contributed by atoms with Gasteiger partial charge in [-0.25, -0.2) is 0 Å². The number of benzene rings is 2. The maximum Gasteiger partial charge on any atom is 0.189 e. The molecule has 0 spiro atoms. The highest BCUT2D eigenvalue weighted by Gasteiger charge is 2.22. The van der Waals surface area contributed by atoms with Crippen LogP contribution in [0.1, 0.15) is 27.9 Å². The van der Waals surface area contributed by atoms with Crippen LogP contribution in [-0.2, 0) is 6.42 Å². The van der Waals surface area contributed by atoms with E-state index < -0.39 is 0 Å². The summed E-state index contributed by atoms with van der Waals surface area (Å²) >= 11 is 3.55. The van der Waals surface area contributed by atoms with E-state index in [9.17, 15) is 4.79 Å². The third-order valence-electron chi connectivity index (χ3n) is 4.06. The first-order valence-electron chi connectivity index (χ1n) is 7.39. The normalized spacial score (nSPS) is 15.4. The average Bonchev–Trinajstić information content (AvgIpc) is 2.58. The van der Waals surface area contributed by atoms with Crippen molar-refractivity contribution >= 4 is 27.8 Å². The van der Waals surface area contributed by atoms with E-state index in [1.807, 2.05) is 42.5 Å². The smallest absolute Gasteiger partial charge is 0.189 e. The van der Waals surface area contributed by atoms with Crippen molar-refractivity contribution in [3.8, 4) is 11.5 Å². The lowest BCUT2D eigenvalue weighted by Crippen LogP contribution is -2.13. The van der Waals surface area contributed by atoms with Gasteiger partial charge in [0.2, 0.25) is 0 Å². The molecule has 23 heavy (non-hydrogen) atoms. The van der Waals surface area contributed by atoms with E-state index in [1.165, 1.54) is 0 Å². The number of ketones is 1. The highest BCUT2D eigenvalue weighted by molar-refractivity contribution is 9.10. The quantitative estimate of drug-likeness (QED) is 0.733. The van der Waals surface area contributed by atoms with Gasteiger partial charge in [-0.05, 0) is 58.1 Å². The predicted molar refractivity (Wildman–Crippen MR) is 94.3 cm³/mol. The van der Waals surface area contributed by atoms with Crippen molar-refractivity contribution in [2.24, 2.45) is 0 Å². The Morgan fingerprint density at radius 1 is 1.04 bits per heavy atom. The molecular weight excluding hydrogens is 356 g/mol. The fourth-order valence-electron chi connectivity index (χ4n) is 2.86. The Balaban J connectivity index is 2.02. The number of Topliss-reactive ketones (excluding diaryl/α,β-unsaturated/α-hetero) is 1. The number of rotatable bonds is 3. The van der Waals surface area contributed by atoms with Crippen molar-refractivity contribution in [3.05, 3.63) is 63.1 Å². The standard InChI is InChI=1S/C19H17BrO3/c1-22-16-10-9-13(17(20)19(16)23-2)11-14-8-7-12-5-3-4-6-15(12)18(14)21/h3-6,9-11H,7-8H2,1-2H3. The Hall–Kier alpha value is -2.07. The van der Waals surface area contributed by atoms with Crippen LogP contribution in [0.4, 0.5) is 0 Å². The van der Waals surface area contributed by atoms with E-state index in [1.54, 1.807) is 14.2 Å². The zero-order valence-corrected chi connectivity index (χ0v) is 14.6. The Kier molecular flexibility index (Phi) is 4.53. The van der Waals surface area contributed by atoms with Crippen LogP contribution in [-0.4, -0.2) is 20.0 Å². The summed E-state index contributed by atoms with van der Waals surface area (Å²) in [5, 5.41) is 0. The molecule has 3 nitrogen and oxygen atoms in total. The zero-order chi connectivity index (χ0) is 16.4. The van der Waals surface area contributed by atoms with Gasteiger partial charge in [-0.2, -0.15) is 0 Å². The van der Waals surface area contributed by atoms with E-state index >= 15 is 0 Å². The molecule has 0 radical (unpaired) electrons. The van der Waals surface area contributed by atoms with Crippen LogP contribution >= 0.6 is 15.9 Å². The Bertz CT molecular complexity index is 793. The van der Waals surface area contributed by atoms with Crippen molar-refractivity contribution < 1.29 is 14.3 Å². The fourth-order valence-corrected chi connectivity index (χ4v) is 3.46. The molecule has 0 aromatic heterocycles. The van der Waals surface area contributed by atoms with E-state index in [0.717, 1.165) is 39.6 Å². The Labute approximate surface area is 144 Å². The molecule has 0 aliphatic heterocycles. The molecule has 2 aromatic carbocycles. The summed E-state index contributed by atoms with van der Waals surface area (Å²) in [6.07, 6.45) is 3.57. The van der Waals surface area contributed by atoms with Crippen molar-refractivity contribution in [2.75, 3.05) is 14.2 Å². The molecule has 118 valence electrons. The fraction of sp³-hybridized carbons (Fsp3) is 0.211. The summed E-state index contributed by atoms with van der Waals surface area (Å²) in [4.78, 5) is 12.7. The molecule has 2 aromatic rings. The minimum Gasteiger partial charge on any atom is -0.493 e. The van der Waals surface area contributed by atoms with Crippen molar-refractivity contribution in [3.63, 3.8) is 0 Å². The lowest BCUT2D eigenvalue weighted by atomic mass is 9.86. The summed E-state index contributed by atoms with van der Waals surface area (Å²) < 4.78 is 11.5. The number of ether oxygens (including phenoxy) is 2. The molecule has 0 atom stereocenters. The van der Waals surface area contributed by atoms with Crippen molar-refractivity contribution in [1.29, 1.82) is 0 Å². The summed E-state index contributed by atoms with van der Waals surface area (Å²) in [5.41, 5.74) is 3.66. The maximum absolute atomic E-state index is 12.7. The number of carbonyl (C=O) groups is 1. The topological polar surface area (TPSA) is 35.5 Å². The van der Waals surface area contributed by atoms with Gasteiger partial charge in [-0.1, -0.05) is 24.3 Å². The van der Waals surface area contributed by atoms with E-state index in [4.69, 9.17) is 9.47 Å². The largest absolute Gasteiger partial charge is 0.493 e. The van der Waals surface area contributed by atoms with E-state index in [2.05, 4.69) is 15.9 Å². The second-order valence-corrected chi connectivity index (χ2v) is 6.15. The molecule has 0 unspecified atom stereocenters. The molecule has 3 rings (SSSR count). The van der Waals surface area contributed by atoms with Gasteiger partial charge in [0.25, 0.3) is 0 Å². The van der Waals surface area contributed by atoms with Gasteiger partial charge in [0.15, 0.2) is 17.3 Å². The lowest BCUT2D eigenvalue weighted by Gasteiger charge is -2.18. The van der Waals surface area contributed by atoms with Crippen LogP contribution in [0.15, 0.2) is 46.4 Å². The maximum atomic E-state index is 12.7. The van der Waals surface area contributed by atoms with Crippen LogP contribution in [0.3, 0.4) is 0 Å². The summed E-state index contributed by atoms with van der Waals surface area (Å²) in [6, 6.07) is 11.6. The number of hydrogen-bond donors (Lipinski definition) is 0. The number of fused-ring (bicyclic) bond motifs is 1. The monoisotopic (exact) mass is 372 g/mol. The summed E-state index contributed by atoms with van der Waals surface area (Å²) in [5.74, 6) is 1.39. The molecule has 1 aliphatic rings. The first kappa shape index (κ1) is 15.8. The second kappa shape index (κ2) is 6.59. The third-order valence-corrected chi connectivity index (χ3v) is 4.88. The van der Waals surface area contributed by atoms with Gasteiger partial charge in [0, 0.05) is 11.1 Å². The van der Waals surface area contributed by atoms with Crippen LogP contribution in [0.25, 0.3) is 6.08 Å². The third kappa shape index (κ3) is 2.91. The minimum atomic E-state index is 0.105. The first-order valence-corrected chi connectivity index (χ1v) is 8.18. The van der Waals surface area contributed by atoms with Gasteiger partial charge >= 0.3 is 0 Å². The number of allylic oxidation sites excluding steroid dienone is 1. The molecule has 0 bridgehead atoms. The lowest BCUT2D eigenvalue weighted by molar-refractivity contribution is 0.102. The minimum absolute atomic E-state index is 0.105. The van der Waals surface area contributed by atoms with Crippen molar-refractivity contribution in [2.45, 2.75) is 12.8 Å². The Morgan fingerprint density at radius 2 is 1.83 bits per heavy atom. The molecule has 4 heteroatoms. The molecule has 0 saturated heterocycles. The number of carbonyl (C=O) groups excluding carboxylic acids is 1. The number of halogens is 1. The number of aryl methyl sites for hydroxylation is 1. The zero-order valence-electron chi connectivity index (χ0n) is 13.1.